The van der Waals surface area contributed by atoms with E-state index in [1.807, 2.05) is 0 Å². The molecule has 1 saturated heterocycles. The lowest BCUT2D eigenvalue weighted by atomic mass is 9.81. The normalized spacial score (nSPS) is 26.7. The molecule has 2 atom stereocenters. The number of hydrogen-bond acceptors (Lipinski definition) is 5. The largest absolute Gasteiger partial charge is 0.337 e. The summed E-state index contributed by atoms with van der Waals surface area (Å²) in [5.41, 5.74) is 0.839. The van der Waals surface area contributed by atoms with Crippen molar-refractivity contribution in [3.05, 3.63) is 29.8 Å². The first-order chi connectivity index (χ1) is 16.7. The van der Waals surface area contributed by atoms with Crippen LogP contribution in [0.3, 0.4) is 0 Å². The van der Waals surface area contributed by atoms with Gasteiger partial charge in [-0.3, -0.25) is 9.69 Å². The molecule has 1 aromatic carbocycles. The molecule has 0 aromatic heterocycles. The molecule has 1 aromatic rings. The van der Waals surface area contributed by atoms with Crippen LogP contribution in [0.1, 0.15) is 63.9 Å². The molecule has 4 rings (SSSR count). The van der Waals surface area contributed by atoms with Gasteiger partial charge in [0.15, 0.2) is 0 Å². The number of imide groups is 1. The summed E-state index contributed by atoms with van der Waals surface area (Å²) in [6.07, 6.45) is 8.30. The average Bonchev–Trinajstić information content (AvgIpc) is 3.17. The number of hydrogen-bond donors (Lipinski definition) is 3. The van der Waals surface area contributed by atoms with Crippen LogP contribution in [-0.2, 0) is 21.2 Å². The first kappa shape index (κ1) is 25.5. The van der Waals surface area contributed by atoms with E-state index in [-0.39, 0.29) is 28.8 Å². The minimum absolute atomic E-state index is 0.00103. The van der Waals surface area contributed by atoms with Gasteiger partial charge in [0, 0.05) is 25.0 Å². The number of likely N-dealkylation sites (tertiary alicyclic amines) is 1. The SMILES string of the molecule is CC1CCC(NC(=O)NS(=O)(=O)c2ccc(CCNC(=O)N3CC4CCCCC4C3=O)cc2)CC1. The van der Waals surface area contributed by atoms with Gasteiger partial charge in [0.1, 0.15) is 0 Å². The Bertz CT molecular complexity index is 1030. The molecule has 10 heteroatoms. The van der Waals surface area contributed by atoms with E-state index in [1.54, 1.807) is 12.1 Å². The van der Waals surface area contributed by atoms with Crippen LogP contribution in [0, 0.1) is 17.8 Å². The number of rotatable bonds is 6. The highest BCUT2D eigenvalue weighted by atomic mass is 32.2. The van der Waals surface area contributed by atoms with Crippen LogP contribution in [0.15, 0.2) is 29.2 Å². The second-order valence-electron chi connectivity index (χ2n) is 10.3. The van der Waals surface area contributed by atoms with E-state index in [1.165, 1.54) is 17.0 Å². The maximum Gasteiger partial charge on any atom is 0.328 e. The number of nitrogens with zero attached hydrogens (tertiary/aromatic N) is 1. The van der Waals surface area contributed by atoms with Gasteiger partial charge >= 0.3 is 12.1 Å². The van der Waals surface area contributed by atoms with E-state index in [4.69, 9.17) is 0 Å². The molecule has 3 N–H and O–H groups in total. The lowest BCUT2D eigenvalue weighted by molar-refractivity contribution is -0.129. The quantitative estimate of drug-likeness (QED) is 0.549. The maximum absolute atomic E-state index is 12.6. The Balaban J connectivity index is 1.23. The van der Waals surface area contributed by atoms with Crippen LogP contribution >= 0.6 is 0 Å². The van der Waals surface area contributed by atoms with E-state index >= 15 is 0 Å². The van der Waals surface area contributed by atoms with E-state index in [9.17, 15) is 22.8 Å². The molecule has 0 bridgehead atoms. The zero-order chi connectivity index (χ0) is 25.0. The summed E-state index contributed by atoms with van der Waals surface area (Å²) in [7, 11) is -3.98. The Morgan fingerprint density at radius 2 is 1.69 bits per heavy atom. The maximum atomic E-state index is 12.6. The molecular weight excluding hydrogens is 468 g/mol. The Kier molecular flexibility index (Phi) is 7.98. The van der Waals surface area contributed by atoms with Crippen molar-refractivity contribution in [3.63, 3.8) is 0 Å². The predicted octanol–water partition coefficient (Wildman–Crippen LogP) is 3.15. The minimum atomic E-state index is -3.98. The third-order valence-electron chi connectivity index (χ3n) is 7.66. The number of carbonyl (C=O) groups is 3. The summed E-state index contributed by atoms with van der Waals surface area (Å²) in [5.74, 6) is 0.861. The summed E-state index contributed by atoms with van der Waals surface area (Å²) in [4.78, 5) is 38.6. The molecule has 0 spiro atoms. The van der Waals surface area contributed by atoms with Gasteiger partial charge in [0.25, 0.3) is 10.0 Å². The topological polar surface area (TPSA) is 125 Å². The summed E-state index contributed by atoms with van der Waals surface area (Å²) in [6.45, 7) is 3.02. The summed E-state index contributed by atoms with van der Waals surface area (Å²) in [5, 5.41) is 5.57. The average molecular weight is 505 g/mol. The number of sulfonamides is 1. The van der Waals surface area contributed by atoms with Gasteiger partial charge in [-0.1, -0.05) is 31.9 Å². The molecule has 2 saturated carbocycles. The van der Waals surface area contributed by atoms with Crippen molar-refractivity contribution in [2.75, 3.05) is 13.1 Å². The molecular formula is C25H36N4O5S. The van der Waals surface area contributed by atoms with Gasteiger partial charge in [0.2, 0.25) is 5.91 Å². The molecule has 1 aliphatic heterocycles. The zero-order valence-corrected chi connectivity index (χ0v) is 21.1. The van der Waals surface area contributed by atoms with E-state index < -0.39 is 16.1 Å². The predicted molar refractivity (Wildman–Crippen MR) is 131 cm³/mol. The number of urea groups is 2. The monoisotopic (exact) mass is 504 g/mol. The highest BCUT2D eigenvalue weighted by Gasteiger charge is 2.43. The molecule has 0 radical (unpaired) electrons. The van der Waals surface area contributed by atoms with Crippen LogP contribution in [0.25, 0.3) is 0 Å². The van der Waals surface area contributed by atoms with Crippen molar-refractivity contribution in [1.29, 1.82) is 0 Å². The lowest BCUT2D eigenvalue weighted by Gasteiger charge is -2.26. The molecule has 3 fully saturated rings. The van der Waals surface area contributed by atoms with Gasteiger partial charge in [-0.2, -0.15) is 0 Å². The van der Waals surface area contributed by atoms with Gasteiger partial charge in [-0.15, -0.1) is 0 Å². The Morgan fingerprint density at radius 3 is 2.37 bits per heavy atom. The molecule has 5 amide bonds. The molecule has 2 unspecified atom stereocenters. The van der Waals surface area contributed by atoms with Crippen molar-refractivity contribution < 1.29 is 22.8 Å². The van der Waals surface area contributed by atoms with Crippen molar-refractivity contribution >= 4 is 28.0 Å². The van der Waals surface area contributed by atoms with Gasteiger partial charge in [-0.05, 0) is 74.5 Å². The second-order valence-corrected chi connectivity index (χ2v) is 11.9. The first-order valence-corrected chi connectivity index (χ1v) is 14.2. The third kappa shape index (κ3) is 6.34. The summed E-state index contributed by atoms with van der Waals surface area (Å²) < 4.78 is 27.2. The number of nitrogens with one attached hydrogen (secondary N) is 3. The Hall–Kier alpha value is -2.62. The Labute approximate surface area is 207 Å². The van der Waals surface area contributed by atoms with Crippen LogP contribution < -0.4 is 15.4 Å². The van der Waals surface area contributed by atoms with Crippen LogP contribution in [0.2, 0.25) is 0 Å². The van der Waals surface area contributed by atoms with Crippen LogP contribution in [0.5, 0.6) is 0 Å². The second kappa shape index (κ2) is 11.0. The smallest absolute Gasteiger partial charge is 0.328 e. The van der Waals surface area contributed by atoms with Crippen LogP contribution in [-0.4, -0.2) is 50.4 Å². The highest BCUT2D eigenvalue weighted by molar-refractivity contribution is 7.90. The number of carbonyl (C=O) groups excluding carboxylic acids is 3. The number of benzene rings is 1. The molecule has 3 aliphatic rings. The van der Waals surface area contributed by atoms with E-state index in [2.05, 4.69) is 22.3 Å². The van der Waals surface area contributed by atoms with Crippen molar-refractivity contribution in [1.82, 2.24) is 20.3 Å². The molecule has 35 heavy (non-hydrogen) atoms. The van der Waals surface area contributed by atoms with Gasteiger partial charge in [-0.25, -0.2) is 22.7 Å². The van der Waals surface area contributed by atoms with Crippen molar-refractivity contribution in [3.8, 4) is 0 Å². The Morgan fingerprint density at radius 1 is 1.00 bits per heavy atom. The minimum Gasteiger partial charge on any atom is -0.337 e. The van der Waals surface area contributed by atoms with Crippen molar-refractivity contribution in [2.45, 2.75) is 75.6 Å². The molecule has 1 heterocycles. The third-order valence-corrected chi connectivity index (χ3v) is 9.00. The molecule has 2 aliphatic carbocycles. The van der Waals surface area contributed by atoms with Crippen LogP contribution in [0.4, 0.5) is 9.59 Å². The highest BCUT2D eigenvalue weighted by Crippen LogP contribution is 2.36. The fraction of sp³-hybridized carbons (Fsp3) is 0.640. The van der Waals surface area contributed by atoms with Gasteiger partial charge in [0.05, 0.1) is 4.90 Å². The lowest BCUT2D eigenvalue weighted by Crippen LogP contribution is -2.45. The van der Waals surface area contributed by atoms with E-state index in [0.717, 1.165) is 56.9 Å². The van der Waals surface area contributed by atoms with Gasteiger partial charge < -0.3 is 10.6 Å². The molecule has 192 valence electrons. The summed E-state index contributed by atoms with van der Waals surface area (Å²) in [6, 6.07) is 5.17. The standard InChI is InChI=1S/C25H36N4O5S/c1-17-6-10-20(11-7-17)27-24(31)28-35(33,34)21-12-8-18(9-13-21)14-15-26-25(32)29-16-19-4-2-3-5-22(19)23(29)30/h8-9,12-13,17,19-20,22H,2-7,10-11,14-16H2,1H3,(H,26,32)(H2,27,28,31). The zero-order valence-electron chi connectivity index (χ0n) is 20.3. The number of fused-ring (bicyclic) bond motifs is 1. The number of amides is 5. The fourth-order valence-corrected chi connectivity index (χ4v) is 6.42. The fourth-order valence-electron chi connectivity index (χ4n) is 5.50. The van der Waals surface area contributed by atoms with Crippen molar-refractivity contribution in [2.24, 2.45) is 17.8 Å². The molecule has 9 nitrogen and oxygen atoms in total. The summed E-state index contributed by atoms with van der Waals surface area (Å²) >= 11 is 0. The van der Waals surface area contributed by atoms with E-state index in [0.29, 0.717) is 31.3 Å². The first-order valence-electron chi connectivity index (χ1n) is 12.7.